The smallest absolute Gasteiger partial charge is 0.0812 e. The maximum Gasteiger partial charge on any atom is 0.0812 e. The van der Waals surface area contributed by atoms with Gasteiger partial charge in [-0.1, -0.05) is 29.8 Å². The van der Waals surface area contributed by atoms with E-state index in [9.17, 15) is 5.11 Å². The largest absolute Gasteiger partial charge is 0.388 e. The van der Waals surface area contributed by atoms with E-state index in [2.05, 4.69) is 71.7 Å². The molecule has 2 nitrogen and oxygen atoms in total. The number of aromatic nitrogens is 1. The third kappa shape index (κ3) is 2.33. The Hall–Kier alpha value is -1.06. The van der Waals surface area contributed by atoms with Crippen molar-refractivity contribution in [2.24, 2.45) is 5.41 Å². The molecule has 0 aliphatic heterocycles. The predicted octanol–water partition coefficient (Wildman–Crippen LogP) is 4.55. The Bertz CT molecular complexity index is 657. The molecule has 3 heteroatoms. The van der Waals surface area contributed by atoms with Crippen LogP contribution in [-0.2, 0) is 6.42 Å². The Morgan fingerprint density at radius 2 is 2.05 bits per heavy atom. The average Bonchev–Trinajstić information content (AvgIpc) is 2.75. The van der Waals surface area contributed by atoms with Crippen molar-refractivity contribution in [1.82, 2.24) is 4.57 Å². The normalized spacial score (nSPS) is 20.8. The third-order valence-electron chi connectivity index (χ3n) is 4.20. The molecule has 0 saturated heterocycles. The van der Waals surface area contributed by atoms with Crippen LogP contribution in [0.15, 0.2) is 34.9 Å². The molecule has 0 radical (unpaired) electrons. The van der Waals surface area contributed by atoms with E-state index in [1.807, 2.05) is 0 Å². The highest BCUT2D eigenvalue weighted by atomic mass is 79.9. The number of hydrogen-bond donors (Lipinski definition) is 1. The van der Waals surface area contributed by atoms with Crippen molar-refractivity contribution in [3.05, 3.63) is 51.8 Å². The van der Waals surface area contributed by atoms with Gasteiger partial charge in [0, 0.05) is 27.6 Å². The van der Waals surface area contributed by atoms with Gasteiger partial charge in [0.1, 0.15) is 0 Å². The number of benzene rings is 1. The molecule has 1 aliphatic carbocycles. The number of halogens is 1. The van der Waals surface area contributed by atoms with Gasteiger partial charge in [0.2, 0.25) is 0 Å². The summed E-state index contributed by atoms with van der Waals surface area (Å²) in [6, 6.07) is 8.44. The monoisotopic (exact) mass is 333 g/mol. The maximum absolute atomic E-state index is 10.3. The molecule has 1 atom stereocenters. The number of hydrogen-bond acceptors (Lipinski definition) is 1. The Morgan fingerprint density at radius 3 is 2.75 bits per heavy atom. The Labute approximate surface area is 128 Å². The molecule has 20 heavy (non-hydrogen) atoms. The first kappa shape index (κ1) is 13.9. The summed E-state index contributed by atoms with van der Waals surface area (Å²) < 4.78 is 3.35. The number of nitrogens with zero attached hydrogens (tertiary/aromatic N) is 1. The summed E-state index contributed by atoms with van der Waals surface area (Å²) in [5.41, 5.74) is 4.87. The van der Waals surface area contributed by atoms with Crippen molar-refractivity contribution < 1.29 is 5.11 Å². The van der Waals surface area contributed by atoms with Gasteiger partial charge in [0.05, 0.1) is 6.10 Å². The van der Waals surface area contributed by atoms with Crippen LogP contribution in [0.3, 0.4) is 0 Å². The lowest BCUT2D eigenvalue weighted by Gasteiger charge is -2.34. The first-order valence-electron chi connectivity index (χ1n) is 7.02. The molecule has 1 aliphatic rings. The lowest BCUT2D eigenvalue weighted by molar-refractivity contribution is 0.0987. The summed E-state index contributed by atoms with van der Waals surface area (Å²) in [7, 11) is 0. The minimum Gasteiger partial charge on any atom is -0.388 e. The summed E-state index contributed by atoms with van der Waals surface area (Å²) in [4.78, 5) is 0. The SMILES string of the molecule is Cc1cc(-n2ccc3c2CC(C)(C)CC3O)ccc1Br. The second-order valence-electron chi connectivity index (χ2n) is 6.58. The van der Waals surface area contributed by atoms with E-state index in [4.69, 9.17) is 0 Å². The Kier molecular flexibility index (Phi) is 3.30. The van der Waals surface area contributed by atoms with Crippen LogP contribution in [0.1, 0.15) is 43.2 Å². The highest BCUT2D eigenvalue weighted by Crippen LogP contribution is 2.41. The van der Waals surface area contributed by atoms with Crippen molar-refractivity contribution in [2.45, 2.75) is 39.7 Å². The third-order valence-corrected chi connectivity index (χ3v) is 5.09. The molecule has 3 rings (SSSR count). The van der Waals surface area contributed by atoms with Gasteiger partial charge in [-0.3, -0.25) is 0 Å². The summed E-state index contributed by atoms with van der Waals surface area (Å²) in [5, 5.41) is 10.3. The van der Waals surface area contributed by atoms with Gasteiger partial charge < -0.3 is 9.67 Å². The highest BCUT2D eigenvalue weighted by molar-refractivity contribution is 9.10. The number of fused-ring (bicyclic) bond motifs is 1. The lowest BCUT2D eigenvalue weighted by atomic mass is 9.75. The number of aliphatic hydroxyl groups excluding tert-OH is 1. The summed E-state index contributed by atoms with van der Waals surface area (Å²) in [6.07, 6.45) is 3.58. The Balaban J connectivity index is 2.10. The van der Waals surface area contributed by atoms with Gasteiger partial charge in [-0.2, -0.15) is 0 Å². The fourth-order valence-electron chi connectivity index (χ4n) is 3.15. The van der Waals surface area contributed by atoms with Crippen LogP contribution in [-0.4, -0.2) is 9.67 Å². The molecule has 1 aromatic heterocycles. The molecular weight excluding hydrogens is 314 g/mol. The summed E-state index contributed by atoms with van der Waals surface area (Å²) >= 11 is 3.55. The van der Waals surface area contributed by atoms with E-state index < -0.39 is 0 Å². The molecule has 1 unspecified atom stereocenters. The van der Waals surface area contributed by atoms with Gasteiger partial charge in [-0.05, 0) is 55.0 Å². The Morgan fingerprint density at radius 1 is 1.30 bits per heavy atom. The molecule has 2 aromatic rings. The first-order valence-corrected chi connectivity index (χ1v) is 7.81. The van der Waals surface area contributed by atoms with Crippen LogP contribution < -0.4 is 0 Å². The van der Waals surface area contributed by atoms with E-state index in [1.54, 1.807) is 0 Å². The minimum absolute atomic E-state index is 0.146. The van der Waals surface area contributed by atoms with Crippen LogP contribution in [0.2, 0.25) is 0 Å². The molecule has 1 heterocycles. The molecule has 0 spiro atoms. The number of aryl methyl sites for hydroxylation is 1. The lowest BCUT2D eigenvalue weighted by Crippen LogP contribution is -2.26. The van der Waals surface area contributed by atoms with Crippen LogP contribution >= 0.6 is 15.9 Å². The zero-order valence-electron chi connectivity index (χ0n) is 12.2. The number of rotatable bonds is 1. The van der Waals surface area contributed by atoms with Crippen LogP contribution in [0.4, 0.5) is 0 Å². The first-order chi connectivity index (χ1) is 9.37. The molecule has 1 N–H and O–H groups in total. The fourth-order valence-corrected chi connectivity index (χ4v) is 3.40. The van der Waals surface area contributed by atoms with Crippen molar-refractivity contribution >= 4 is 15.9 Å². The van der Waals surface area contributed by atoms with Crippen molar-refractivity contribution in [3.63, 3.8) is 0 Å². The van der Waals surface area contributed by atoms with Crippen LogP contribution in [0.25, 0.3) is 5.69 Å². The quantitative estimate of drug-likeness (QED) is 0.813. The molecular formula is C17H20BrNO. The van der Waals surface area contributed by atoms with Crippen LogP contribution in [0.5, 0.6) is 0 Å². The topological polar surface area (TPSA) is 25.2 Å². The van der Waals surface area contributed by atoms with E-state index in [-0.39, 0.29) is 11.5 Å². The van der Waals surface area contributed by atoms with Crippen molar-refractivity contribution in [3.8, 4) is 5.69 Å². The maximum atomic E-state index is 10.3. The minimum atomic E-state index is -0.341. The molecule has 1 aromatic carbocycles. The van der Waals surface area contributed by atoms with Gasteiger partial charge >= 0.3 is 0 Å². The van der Waals surface area contributed by atoms with E-state index in [0.717, 1.165) is 28.6 Å². The molecule has 0 fully saturated rings. The van der Waals surface area contributed by atoms with E-state index >= 15 is 0 Å². The summed E-state index contributed by atoms with van der Waals surface area (Å²) in [5.74, 6) is 0. The van der Waals surface area contributed by atoms with Crippen molar-refractivity contribution in [1.29, 1.82) is 0 Å². The van der Waals surface area contributed by atoms with E-state index in [1.165, 1.54) is 11.3 Å². The van der Waals surface area contributed by atoms with Gasteiger partial charge in [0.25, 0.3) is 0 Å². The summed E-state index contributed by atoms with van der Waals surface area (Å²) in [6.45, 7) is 6.55. The molecule has 0 amide bonds. The van der Waals surface area contributed by atoms with Gasteiger partial charge in [-0.15, -0.1) is 0 Å². The molecule has 106 valence electrons. The zero-order valence-corrected chi connectivity index (χ0v) is 13.7. The standard InChI is InChI=1S/C17H20BrNO/c1-11-8-12(4-5-14(11)18)19-7-6-13-15(19)9-17(2,3)10-16(13)20/h4-8,16,20H,9-10H2,1-3H3. The second kappa shape index (κ2) is 4.74. The fraction of sp³-hybridized carbons (Fsp3) is 0.412. The highest BCUT2D eigenvalue weighted by Gasteiger charge is 2.33. The van der Waals surface area contributed by atoms with Crippen LogP contribution in [0, 0.1) is 12.3 Å². The van der Waals surface area contributed by atoms with Crippen molar-refractivity contribution in [2.75, 3.05) is 0 Å². The average molecular weight is 334 g/mol. The molecule has 0 bridgehead atoms. The predicted molar refractivity (Wildman–Crippen MR) is 85.3 cm³/mol. The second-order valence-corrected chi connectivity index (χ2v) is 7.44. The van der Waals surface area contributed by atoms with Gasteiger partial charge in [0.15, 0.2) is 0 Å². The van der Waals surface area contributed by atoms with E-state index in [0.29, 0.717) is 0 Å². The van der Waals surface area contributed by atoms with Gasteiger partial charge in [-0.25, -0.2) is 0 Å². The zero-order chi connectivity index (χ0) is 14.5. The number of aliphatic hydroxyl groups is 1. The molecule has 0 saturated carbocycles.